The number of carbonyl (C=O) groups is 1. The van der Waals surface area contributed by atoms with E-state index < -0.39 is 10.0 Å². The highest BCUT2D eigenvalue weighted by molar-refractivity contribution is 7.92. The largest absolute Gasteiger partial charge is 0.355 e. The molecular weight excluding hydrogens is 426 g/mol. The number of anilines is 3. The molecule has 3 aromatic rings. The molecule has 166 valence electrons. The van der Waals surface area contributed by atoms with Gasteiger partial charge >= 0.3 is 0 Å². The summed E-state index contributed by atoms with van der Waals surface area (Å²) in [6, 6.07) is 13.3. The molecule has 1 aliphatic rings. The molecule has 0 radical (unpaired) electrons. The summed E-state index contributed by atoms with van der Waals surface area (Å²) >= 11 is 0. The monoisotopic (exact) mass is 451 g/mol. The Bertz CT molecular complexity index is 1170. The van der Waals surface area contributed by atoms with E-state index in [-0.39, 0.29) is 16.7 Å². The maximum Gasteiger partial charge on any atom is 0.261 e. The van der Waals surface area contributed by atoms with E-state index in [1.165, 1.54) is 0 Å². The number of nitrogens with zero attached hydrogens (tertiary/aromatic N) is 3. The average Bonchev–Trinajstić information content (AvgIpc) is 2.81. The number of rotatable bonds is 6. The number of piperidine rings is 1. The average molecular weight is 452 g/mol. The molecule has 32 heavy (non-hydrogen) atoms. The molecule has 0 aliphatic carbocycles. The number of nitrogens with one attached hydrogen (secondary N) is 2. The fourth-order valence-electron chi connectivity index (χ4n) is 3.65. The molecule has 1 aromatic heterocycles. The van der Waals surface area contributed by atoms with Gasteiger partial charge in [-0.15, -0.1) is 0 Å². The summed E-state index contributed by atoms with van der Waals surface area (Å²) in [4.78, 5) is 23.5. The lowest BCUT2D eigenvalue weighted by atomic mass is 9.97. The molecule has 1 fully saturated rings. The molecule has 2 aromatic carbocycles. The summed E-state index contributed by atoms with van der Waals surface area (Å²) in [6.07, 6.45) is 6.68. The fraction of sp³-hybridized carbons (Fsp3) is 0.261. The normalized spacial score (nSPS) is 16.4. The van der Waals surface area contributed by atoms with E-state index in [9.17, 15) is 13.2 Å². The van der Waals surface area contributed by atoms with Crippen LogP contribution in [0.4, 0.5) is 17.2 Å². The third-order valence-corrected chi connectivity index (χ3v) is 6.80. The minimum absolute atomic E-state index is 0.0634. The Hall–Kier alpha value is -3.46. The number of amides is 1. The van der Waals surface area contributed by atoms with Crippen molar-refractivity contribution in [2.45, 2.75) is 24.7 Å². The van der Waals surface area contributed by atoms with Crippen LogP contribution in [0.2, 0.25) is 0 Å². The molecule has 2 heterocycles. The van der Waals surface area contributed by atoms with Crippen LogP contribution in [0.25, 0.3) is 0 Å². The molecule has 1 saturated heterocycles. The van der Waals surface area contributed by atoms with Gasteiger partial charge in [0.05, 0.1) is 17.0 Å². The van der Waals surface area contributed by atoms with Gasteiger partial charge in [-0.05, 0) is 56.2 Å². The van der Waals surface area contributed by atoms with Gasteiger partial charge in [0.15, 0.2) is 0 Å². The summed E-state index contributed by atoms with van der Waals surface area (Å²) < 4.78 is 27.6. The van der Waals surface area contributed by atoms with Crippen LogP contribution in [-0.4, -0.2) is 37.4 Å². The fourth-order valence-corrected chi connectivity index (χ4v) is 4.71. The Morgan fingerprint density at radius 3 is 2.44 bits per heavy atom. The van der Waals surface area contributed by atoms with Crippen LogP contribution in [0, 0.1) is 12.8 Å². The van der Waals surface area contributed by atoms with E-state index in [2.05, 4.69) is 24.9 Å². The van der Waals surface area contributed by atoms with Crippen molar-refractivity contribution in [3.8, 4) is 0 Å². The first-order chi connectivity index (χ1) is 15.4. The Kier molecular flexibility index (Phi) is 6.36. The first-order valence-corrected chi connectivity index (χ1v) is 11.9. The minimum Gasteiger partial charge on any atom is -0.355 e. The first kappa shape index (κ1) is 21.8. The lowest BCUT2D eigenvalue weighted by Crippen LogP contribution is -2.41. The predicted octanol–water partition coefficient (Wildman–Crippen LogP) is 3.44. The van der Waals surface area contributed by atoms with E-state index in [0.717, 1.165) is 30.8 Å². The number of hydrogen-bond donors (Lipinski definition) is 2. The van der Waals surface area contributed by atoms with Crippen molar-refractivity contribution in [2.24, 2.45) is 5.92 Å². The van der Waals surface area contributed by atoms with Crippen molar-refractivity contribution in [3.63, 3.8) is 0 Å². The second kappa shape index (κ2) is 9.35. The van der Waals surface area contributed by atoms with E-state index >= 15 is 0 Å². The number of carbonyl (C=O) groups excluding carboxylic acids is 1. The van der Waals surface area contributed by atoms with Crippen LogP contribution in [0.3, 0.4) is 0 Å². The molecule has 0 spiro atoms. The molecule has 1 atom stereocenters. The minimum atomic E-state index is -3.67. The number of sulfonamides is 1. The third kappa shape index (κ3) is 5.23. The zero-order valence-electron chi connectivity index (χ0n) is 17.7. The first-order valence-electron chi connectivity index (χ1n) is 10.4. The van der Waals surface area contributed by atoms with E-state index in [0.29, 0.717) is 17.9 Å². The van der Waals surface area contributed by atoms with Crippen molar-refractivity contribution in [1.29, 1.82) is 0 Å². The Balaban J connectivity index is 1.37. The second-order valence-electron chi connectivity index (χ2n) is 7.83. The highest BCUT2D eigenvalue weighted by Gasteiger charge is 2.26. The molecule has 1 unspecified atom stereocenters. The van der Waals surface area contributed by atoms with Crippen molar-refractivity contribution >= 4 is 33.1 Å². The van der Waals surface area contributed by atoms with Crippen molar-refractivity contribution in [2.75, 3.05) is 28.0 Å². The quantitative estimate of drug-likeness (QED) is 0.595. The van der Waals surface area contributed by atoms with Gasteiger partial charge in [0.2, 0.25) is 5.91 Å². The third-order valence-electron chi connectivity index (χ3n) is 5.40. The molecular formula is C23H25N5O3S. The van der Waals surface area contributed by atoms with Crippen LogP contribution >= 0.6 is 0 Å². The smallest absolute Gasteiger partial charge is 0.261 e. The van der Waals surface area contributed by atoms with Crippen molar-refractivity contribution in [3.05, 3.63) is 72.7 Å². The number of benzene rings is 2. The molecule has 0 bridgehead atoms. The standard InChI is InChI=1S/C23H25N5O3S/c1-17-4-10-21(11-5-17)32(30,31)27-20-8-6-19(7-9-20)26-23(29)18-3-2-14-28(16-18)22-15-24-12-13-25-22/h4-13,15,18,27H,2-3,14,16H2,1H3,(H,26,29). The van der Waals surface area contributed by atoms with Crippen molar-refractivity contribution < 1.29 is 13.2 Å². The summed E-state index contributed by atoms with van der Waals surface area (Å²) in [5.74, 6) is 0.548. The SMILES string of the molecule is Cc1ccc(S(=O)(=O)Nc2ccc(NC(=O)C3CCCN(c4cnccn4)C3)cc2)cc1. The molecule has 1 aliphatic heterocycles. The number of aryl methyl sites for hydroxylation is 1. The van der Waals surface area contributed by atoms with Crippen LogP contribution in [0.1, 0.15) is 18.4 Å². The van der Waals surface area contributed by atoms with Crippen LogP contribution in [-0.2, 0) is 14.8 Å². The molecule has 8 nitrogen and oxygen atoms in total. The summed E-state index contributed by atoms with van der Waals surface area (Å²) in [5.41, 5.74) is 2.03. The lowest BCUT2D eigenvalue weighted by Gasteiger charge is -2.32. The molecule has 1 amide bonds. The Morgan fingerprint density at radius 2 is 1.75 bits per heavy atom. The van der Waals surface area contributed by atoms with E-state index in [1.807, 2.05) is 6.92 Å². The number of hydrogen-bond acceptors (Lipinski definition) is 6. The van der Waals surface area contributed by atoms with Gasteiger partial charge in [-0.1, -0.05) is 17.7 Å². The highest BCUT2D eigenvalue weighted by Crippen LogP contribution is 2.23. The summed E-state index contributed by atoms with van der Waals surface area (Å²) in [5, 5.41) is 2.93. The van der Waals surface area contributed by atoms with Gasteiger partial charge < -0.3 is 10.2 Å². The van der Waals surface area contributed by atoms with Crippen LogP contribution in [0.15, 0.2) is 72.0 Å². The van der Waals surface area contributed by atoms with E-state index in [1.54, 1.807) is 67.1 Å². The van der Waals surface area contributed by atoms with Crippen LogP contribution in [0.5, 0.6) is 0 Å². The number of aromatic nitrogens is 2. The molecule has 2 N–H and O–H groups in total. The van der Waals surface area contributed by atoms with Gasteiger partial charge in [-0.25, -0.2) is 13.4 Å². The topological polar surface area (TPSA) is 104 Å². The van der Waals surface area contributed by atoms with Gasteiger partial charge in [0, 0.05) is 36.9 Å². The van der Waals surface area contributed by atoms with Crippen molar-refractivity contribution in [1.82, 2.24) is 9.97 Å². The molecule has 4 rings (SSSR count). The lowest BCUT2D eigenvalue weighted by molar-refractivity contribution is -0.120. The summed E-state index contributed by atoms with van der Waals surface area (Å²) in [7, 11) is -3.67. The maximum absolute atomic E-state index is 12.8. The highest BCUT2D eigenvalue weighted by atomic mass is 32.2. The molecule has 9 heteroatoms. The summed E-state index contributed by atoms with van der Waals surface area (Å²) in [6.45, 7) is 3.33. The van der Waals surface area contributed by atoms with Crippen LogP contribution < -0.4 is 14.9 Å². The van der Waals surface area contributed by atoms with E-state index in [4.69, 9.17) is 0 Å². The Morgan fingerprint density at radius 1 is 1.03 bits per heavy atom. The van der Waals surface area contributed by atoms with Gasteiger partial charge in [-0.3, -0.25) is 14.5 Å². The van der Waals surface area contributed by atoms with Gasteiger partial charge in [-0.2, -0.15) is 0 Å². The molecule has 0 saturated carbocycles. The van der Waals surface area contributed by atoms with Gasteiger partial charge in [0.1, 0.15) is 5.82 Å². The zero-order chi connectivity index (χ0) is 22.6. The van der Waals surface area contributed by atoms with Gasteiger partial charge in [0.25, 0.3) is 10.0 Å². The maximum atomic E-state index is 12.8. The predicted molar refractivity (Wildman–Crippen MR) is 124 cm³/mol. The zero-order valence-corrected chi connectivity index (χ0v) is 18.5. The second-order valence-corrected chi connectivity index (χ2v) is 9.52. The Labute approximate surface area is 187 Å².